The highest BCUT2D eigenvalue weighted by Gasteiger charge is 2.16. The summed E-state index contributed by atoms with van der Waals surface area (Å²) in [5.41, 5.74) is 0. The molecule has 0 radical (unpaired) electrons. The van der Waals surface area contributed by atoms with Crippen LogP contribution in [0.15, 0.2) is 0 Å². The van der Waals surface area contributed by atoms with Crippen LogP contribution in [-0.4, -0.2) is 62.0 Å². The number of ether oxygens (including phenoxy) is 3. The Labute approximate surface area is 137 Å². The maximum atomic E-state index is 11.6. The van der Waals surface area contributed by atoms with Gasteiger partial charge >= 0.3 is 5.97 Å². The van der Waals surface area contributed by atoms with Crippen molar-refractivity contribution in [1.29, 1.82) is 0 Å². The summed E-state index contributed by atoms with van der Waals surface area (Å²) >= 11 is 3.98. The van der Waals surface area contributed by atoms with Crippen LogP contribution in [0.25, 0.3) is 0 Å². The SMILES string of the molecule is CCC(CO)OC(COC(=O)CCCC(=O)NCCS)OC. The summed E-state index contributed by atoms with van der Waals surface area (Å²) in [6.45, 7) is 2.23. The fourth-order valence-corrected chi connectivity index (χ4v) is 1.67. The van der Waals surface area contributed by atoms with Crippen LogP contribution < -0.4 is 5.32 Å². The zero-order chi connectivity index (χ0) is 16.8. The van der Waals surface area contributed by atoms with Gasteiger partial charge in [0.1, 0.15) is 6.61 Å². The third kappa shape index (κ3) is 10.8. The van der Waals surface area contributed by atoms with E-state index in [1.54, 1.807) is 0 Å². The number of thiol groups is 1. The van der Waals surface area contributed by atoms with Crippen LogP contribution in [-0.2, 0) is 23.8 Å². The van der Waals surface area contributed by atoms with Crippen molar-refractivity contribution in [3.05, 3.63) is 0 Å². The molecule has 0 aromatic heterocycles. The Balaban J connectivity index is 3.84. The van der Waals surface area contributed by atoms with E-state index >= 15 is 0 Å². The van der Waals surface area contributed by atoms with Crippen molar-refractivity contribution in [2.75, 3.05) is 32.6 Å². The monoisotopic (exact) mass is 337 g/mol. The quantitative estimate of drug-likeness (QED) is 0.257. The predicted molar refractivity (Wildman–Crippen MR) is 84.7 cm³/mol. The molecular weight excluding hydrogens is 310 g/mol. The Hall–Kier alpha value is -0.830. The molecule has 0 saturated heterocycles. The van der Waals surface area contributed by atoms with Crippen molar-refractivity contribution in [2.24, 2.45) is 0 Å². The van der Waals surface area contributed by atoms with Gasteiger partial charge < -0.3 is 24.6 Å². The van der Waals surface area contributed by atoms with Crippen LogP contribution in [0, 0.1) is 0 Å². The summed E-state index contributed by atoms with van der Waals surface area (Å²) in [5.74, 6) is 0.0667. The topological polar surface area (TPSA) is 94.1 Å². The van der Waals surface area contributed by atoms with E-state index in [1.807, 2.05) is 6.92 Å². The predicted octanol–water partition coefficient (Wildman–Crippen LogP) is 0.506. The summed E-state index contributed by atoms with van der Waals surface area (Å²) in [6, 6.07) is 0. The third-order valence-electron chi connectivity index (χ3n) is 2.87. The standard InChI is InChI=1S/C14H27NO6S/c1-3-11(9-16)21-14(19-2)10-20-13(18)6-4-5-12(17)15-7-8-22/h11,14,16,22H,3-10H2,1-2H3,(H,15,17). The number of aliphatic hydroxyl groups excluding tert-OH is 1. The second-order valence-corrected chi connectivity index (χ2v) is 5.07. The van der Waals surface area contributed by atoms with Gasteiger partial charge in [0, 0.05) is 32.2 Å². The fourth-order valence-electron chi connectivity index (χ4n) is 1.56. The number of aliphatic hydroxyl groups is 1. The van der Waals surface area contributed by atoms with Gasteiger partial charge in [-0.3, -0.25) is 9.59 Å². The maximum Gasteiger partial charge on any atom is 0.305 e. The van der Waals surface area contributed by atoms with Crippen molar-refractivity contribution in [3.63, 3.8) is 0 Å². The number of hydrogen-bond donors (Lipinski definition) is 3. The molecule has 0 spiro atoms. The van der Waals surface area contributed by atoms with E-state index in [1.165, 1.54) is 7.11 Å². The number of methoxy groups -OCH3 is 1. The van der Waals surface area contributed by atoms with Crippen LogP contribution in [0.3, 0.4) is 0 Å². The molecule has 0 aliphatic heterocycles. The van der Waals surface area contributed by atoms with E-state index in [9.17, 15) is 9.59 Å². The second kappa shape index (κ2) is 13.8. The molecule has 0 fully saturated rings. The zero-order valence-corrected chi connectivity index (χ0v) is 14.1. The molecule has 130 valence electrons. The number of hydrogen-bond acceptors (Lipinski definition) is 7. The largest absolute Gasteiger partial charge is 0.460 e. The lowest BCUT2D eigenvalue weighted by Gasteiger charge is -2.21. The van der Waals surface area contributed by atoms with Crippen LogP contribution in [0.1, 0.15) is 32.6 Å². The number of carbonyl (C=O) groups is 2. The molecule has 8 heteroatoms. The van der Waals surface area contributed by atoms with Crippen molar-refractivity contribution < 1.29 is 28.9 Å². The average molecular weight is 337 g/mol. The minimum atomic E-state index is -0.709. The molecule has 0 bridgehead atoms. The molecule has 0 saturated carbocycles. The zero-order valence-electron chi connectivity index (χ0n) is 13.2. The Morgan fingerprint density at radius 3 is 2.59 bits per heavy atom. The van der Waals surface area contributed by atoms with Crippen molar-refractivity contribution in [1.82, 2.24) is 5.32 Å². The van der Waals surface area contributed by atoms with Gasteiger partial charge in [-0.25, -0.2) is 0 Å². The first kappa shape index (κ1) is 21.2. The van der Waals surface area contributed by atoms with E-state index in [4.69, 9.17) is 19.3 Å². The summed E-state index contributed by atoms with van der Waals surface area (Å²) < 4.78 is 15.5. The Morgan fingerprint density at radius 1 is 1.32 bits per heavy atom. The molecule has 0 heterocycles. The molecule has 2 atom stereocenters. The first-order valence-electron chi connectivity index (χ1n) is 7.39. The first-order chi connectivity index (χ1) is 10.6. The van der Waals surface area contributed by atoms with Gasteiger partial charge in [-0.05, 0) is 12.8 Å². The van der Waals surface area contributed by atoms with Gasteiger partial charge in [0.05, 0.1) is 12.7 Å². The molecule has 0 aromatic carbocycles. The molecule has 0 rings (SSSR count). The normalized spacial score (nSPS) is 13.5. The van der Waals surface area contributed by atoms with Gasteiger partial charge in [0.25, 0.3) is 0 Å². The second-order valence-electron chi connectivity index (χ2n) is 4.62. The molecular formula is C14H27NO6S. The Morgan fingerprint density at radius 2 is 2.05 bits per heavy atom. The number of nitrogens with one attached hydrogen (secondary N) is 1. The average Bonchev–Trinajstić information content (AvgIpc) is 2.53. The highest BCUT2D eigenvalue weighted by atomic mass is 32.1. The lowest BCUT2D eigenvalue weighted by molar-refractivity contribution is -0.194. The molecule has 0 aromatic rings. The van der Waals surface area contributed by atoms with E-state index < -0.39 is 12.3 Å². The summed E-state index contributed by atoms with van der Waals surface area (Å²) in [5, 5.41) is 11.7. The van der Waals surface area contributed by atoms with Gasteiger partial charge in [0.15, 0.2) is 6.29 Å². The van der Waals surface area contributed by atoms with E-state index in [-0.39, 0.29) is 38.1 Å². The lowest BCUT2D eigenvalue weighted by atomic mass is 10.2. The molecule has 1 amide bonds. The number of rotatable bonds is 13. The molecule has 0 aliphatic carbocycles. The third-order valence-corrected chi connectivity index (χ3v) is 3.09. The smallest absolute Gasteiger partial charge is 0.305 e. The lowest BCUT2D eigenvalue weighted by Crippen LogP contribution is -2.30. The molecule has 7 nitrogen and oxygen atoms in total. The molecule has 2 unspecified atom stereocenters. The highest BCUT2D eigenvalue weighted by molar-refractivity contribution is 7.80. The summed E-state index contributed by atoms with van der Waals surface area (Å²) in [6.07, 6.45) is 0.423. The Bertz CT molecular complexity index is 312. The van der Waals surface area contributed by atoms with Gasteiger partial charge in [-0.2, -0.15) is 12.6 Å². The highest BCUT2D eigenvalue weighted by Crippen LogP contribution is 2.05. The summed E-state index contributed by atoms with van der Waals surface area (Å²) in [7, 11) is 1.44. The van der Waals surface area contributed by atoms with Crippen molar-refractivity contribution in [2.45, 2.75) is 45.0 Å². The van der Waals surface area contributed by atoms with Crippen LogP contribution in [0.2, 0.25) is 0 Å². The molecule has 22 heavy (non-hydrogen) atoms. The van der Waals surface area contributed by atoms with E-state index in [0.717, 1.165) is 0 Å². The number of amides is 1. The minimum Gasteiger partial charge on any atom is -0.460 e. The van der Waals surface area contributed by atoms with Crippen molar-refractivity contribution >= 4 is 24.5 Å². The van der Waals surface area contributed by atoms with Gasteiger partial charge in [-0.15, -0.1) is 0 Å². The fraction of sp³-hybridized carbons (Fsp3) is 0.857. The number of carbonyl (C=O) groups excluding carboxylic acids is 2. The van der Waals surface area contributed by atoms with Crippen LogP contribution in [0.4, 0.5) is 0 Å². The first-order valence-corrected chi connectivity index (χ1v) is 8.02. The number of esters is 1. The minimum absolute atomic E-state index is 0.0440. The maximum absolute atomic E-state index is 11.6. The van der Waals surface area contributed by atoms with Crippen LogP contribution in [0.5, 0.6) is 0 Å². The molecule has 0 aliphatic rings. The Kier molecular flexibility index (Phi) is 13.3. The van der Waals surface area contributed by atoms with Gasteiger partial charge in [0.2, 0.25) is 5.91 Å². The van der Waals surface area contributed by atoms with E-state index in [2.05, 4.69) is 17.9 Å². The van der Waals surface area contributed by atoms with E-state index in [0.29, 0.717) is 25.1 Å². The molecule has 2 N–H and O–H groups in total. The summed E-state index contributed by atoms with van der Waals surface area (Å²) in [4.78, 5) is 22.9. The van der Waals surface area contributed by atoms with Crippen LogP contribution >= 0.6 is 12.6 Å². The van der Waals surface area contributed by atoms with Gasteiger partial charge in [-0.1, -0.05) is 6.92 Å². The van der Waals surface area contributed by atoms with Crippen molar-refractivity contribution in [3.8, 4) is 0 Å².